The van der Waals surface area contributed by atoms with Gasteiger partial charge in [-0.05, 0) is 55.6 Å². The summed E-state index contributed by atoms with van der Waals surface area (Å²) in [6, 6.07) is 11.6. The average Bonchev–Trinajstić information content (AvgIpc) is 3.04. The number of anilines is 1. The number of halogens is 1. The zero-order chi connectivity index (χ0) is 17.8. The number of amides is 2. The highest BCUT2D eigenvalue weighted by Gasteiger charge is 2.19. The summed E-state index contributed by atoms with van der Waals surface area (Å²) in [6.07, 6.45) is 0.918. The zero-order valence-electron chi connectivity index (χ0n) is 14.4. The van der Waals surface area contributed by atoms with Crippen LogP contribution in [0.3, 0.4) is 0 Å². The maximum Gasteiger partial charge on any atom is 0.319 e. The standard InChI is InChI=1S/C19H22FN3O2/c1-23(2)17(13-3-8-18-14(11-13)9-10-25-18)12-21-19(24)22-16-6-4-15(20)5-7-16/h3-8,11,17H,9-10,12H2,1-2H3,(H2,21,22,24). The van der Waals surface area contributed by atoms with E-state index in [1.54, 1.807) is 0 Å². The van der Waals surface area contributed by atoms with Crippen LogP contribution in [0.25, 0.3) is 0 Å². The number of rotatable bonds is 5. The van der Waals surface area contributed by atoms with Crippen LogP contribution in [0.2, 0.25) is 0 Å². The van der Waals surface area contributed by atoms with Crippen LogP contribution in [0.15, 0.2) is 42.5 Å². The number of carbonyl (C=O) groups excluding carboxylic acids is 1. The van der Waals surface area contributed by atoms with E-state index in [4.69, 9.17) is 4.74 Å². The number of carbonyl (C=O) groups is 1. The van der Waals surface area contributed by atoms with E-state index in [-0.39, 0.29) is 17.9 Å². The summed E-state index contributed by atoms with van der Waals surface area (Å²) >= 11 is 0. The first-order chi connectivity index (χ1) is 12.0. The molecule has 2 amide bonds. The van der Waals surface area contributed by atoms with Gasteiger partial charge in [-0.3, -0.25) is 0 Å². The van der Waals surface area contributed by atoms with Crippen LogP contribution in [-0.4, -0.2) is 38.2 Å². The maximum absolute atomic E-state index is 12.9. The highest BCUT2D eigenvalue weighted by Crippen LogP contribution is 2.29. The predicted octanol–water partition coefficient (Wildman–Crippen LogP) is 3.19. The lowest BCUT2D eigenvalue weighted by molar-refractivity contribution is 0.243. The summed E-state index contributed by atoms with van der Waals surface area (Å²) in [5, 5.41) is 5.58. The lowest BCUT2D eigenvalue weighted by atomic mass is 10.0. The molecule has 1 heterocycles. The fourth-order valence-electron chi connectivity index (χ4n) is 2.91. The van der Waals surface area contributed by atoms with E-state index in [1.807, 2.05) is 26.2 Å². The second-order valence-corrected chi connectivity index (χ2v) is 6.29. The van der Waals surface area contributed by atoms with Crippen molar-refractivity contribution in [3.05, 3.63) is 59.4 Å². The number of hydrogen-bond acceptors (Lipinski definition) is 3. The molecular formula is C19H22FN3O2. The van der Waals surface area contributed by atoms with E-state index >= 15 is 0 Å². The number of likely N-dealkylation sites (N-methyl/N-ethyl adjacent to an activating group) is 1. The molecule has 5 nitrogen and oxygen atoms in total. The van der Waals surface area contributed by atoms with E-state index in [9.17, 15) is 9.18 Å². The van der Waals surface area contributed by atoms with Gasteiger partial charge in [-0.15, -0.1) is 0 Å². The topological polar surface area (TPSA) is 53.6 Å². The number of hydrogen-bond donors (Lipinski definition) is 2. The molecule has 25 heavy (non-hydrogen) atoms. The summed E-state index contributed by atoms with van der Waals surface area (Å²) in [5.74, 6) is 0.613. The highest BCUT2D eigenvalue weighted by atomic mass is 19.1. The van der Waals surface area contributed by atoms with Crippen LogP contribution in [0.4, 0.5) is 14.9 Å². The quantitative estimate of drug-likeness (QED) is 0.877. The molecule has 0 saturated carbocycles. The Balaban J connectivity index is 1.62. The largest absolute Gasteiger partial charge is 0.493 e. The van der Waals surface area contributed by atoms with Crippen molar-refractivity contribution >= 4 is 11.7 Å². The Kier molecular flexibility index (Phi) is 5.19. The molecule has 1 atom stereocenters. The van der Waals surface area contributed by atoms with Crippen molar-refractivity contribution < 1.29 is 13.9 Å². The highest BCUT2D eigenvalue weighted by molar-refractivity contribution is 5.89. The summed E-state index contributed by atoms with van der Waals surface area (Å²) < 4.78 is 18.5. The molecule has 0 aliphatic carbocycles. The lowest BCUT2D eigenvalue weighted by Crippen LogP contribution is -2.36. The number of fused-ring (bicyclic) bond motifs is 1. The van der Waals surface area contributed by atoms with Gasteiger partial charge in [0.1, 0.15) is 11.6 Å². The van der Waals surface area contributed by atoms with Crippen molar-refractivity contribution in [2.75, 3.05) is 32.6 Å². The molecule has 2 aromatic rings. The normalized spacial score (nSPS) is 13.9. The minimum atomic E-state index is -0.334. The number of nitrogens with zero attached hydrogens (tertiary/aromatic N) is 1. The third-order valence-corrected chi connectivity index (χ3v) is 4.28. The summed E-state index contributed by atoms with van der Waals surface area (Å²) in [4.78, 5) is 14.2. The fraction of sp³-hybridized carbons (Fsp3) is 0.316. The van der Waals surface area contributed by atoms with Gasteiger partial charge in [-0.2, -0.15) is 0 Å². The molecule has 132 valence electrons. The minimum absolute atomic E-state index is 0.0462. The van der Waals surface area contributed by atoms with Crippen LogP contribution in [-0.2, 0) is 6.42 Å². The molecule has 0 fully saturated rings. The molecule has 0 radical (unpaired) electrons. The molecule has 6 heteroatoms. The third kappa shape index (κ3) is 4.28. The van der Waals surface area contributed by atoms with Gasteiger partial charge in [0.15, 0.2) is 0 Å². The molecule has 2 aromatic carbocycles. The minimum Gasteiger partial charge on any atom is -0.493 e. The van der Waals surface area contributed by atoms with Crippen LogP contribution in [0, 0.1) is 5.82 Å². The smallest absolute Gasteiger partial charge is 0.319 e. The molecule has 0 aromatic heterocycles. The van der Waals surface area contributed by atoms with Crippen molar-refractivity contribution in [2.24, 2.45) is 0 Å². The van der Waals surface area contributed by atoms with Gasteiger partial charge in [0.25, 0.3) is 0 Å². The van der Waals surface area contributed by atoms with Crippen molar-refractivity contribution in [3.8, 4) is 5.75 Å². The number of urea groups is 1. The Labute approximate surface area is 146 Å². The zero-order valence-corrected chi connectivity index (χ0v) is 14.4. The average molecular weight is 343 g/mol. The van der Waals surface area contributed by atoms with Gasteiger partial charge in [-0.25, -0.2) is 9.18 Å². The van der Waals surface area contributed by atoms with Crippen LogP contribution < -0.4 is 15.4 Å². The fourth-order valence-corrected chi connectivity index (χ4v) is 2.91. The second kappa shape index (κ2) is 7.53. The predicted molar refractivity (Wildman–Crippen MR) is 95.5 cm³/mol. The van der Waals surface area contributed by atoms with Crippen molar-refractivity contribution in [1.29, 1.82) is 0 Å². The molecule has 1 aliphatic rings. The third-order valence-electron chi connectivity index (χ3n) is 4.28. The van der Waals surface area contributed by atoms with E-state index in [1.165, 1.54) is 29.8 Å². The van der Waals surface area contributed by atoms with Gasteiger partial charge < -0.3 is 20.3 Å². The van der Waals surface area contributed by atoms with Gasteiger partial charge in [-0.1, -0.05) is 12.1 Å². The van der Waals surface area contributed by atoms with Crippen LogP contribution in [0.1, 0.15) is 17.2 Å². The SMILES string of the molecule is CN(C)C(CNC(=O)Nc1ccc(F)cc1)c1ccc2c(c1)CCO2. The molecule has 2 N–H and O–H groups in total. The van der Waals surface area contributed by atoms with E-state index < -0.39 is 0 Å². The van der Waals surface area contributed by atoms with Crippen molar-refractivity contribution in [2.45, 2.75) is 12.5 Å². The second-order valence-electron chi connectivity index (χ2n) is 6.29. The summed E-state index contributed by atoms with van der Waals surface area (Å²) in [6.45, 7) is 1.18. The first kappa shape index (κ1) is 17.2. The Hall–Kier alpha value is -2.60. The van der Waals surface area contributed by atoms with E-state index in [0.717, 1.165) is 24.3 Å². The van der Waals surface area contributed by atoms with E-state index in [0.29, 0.717) is 12.2 Å². The number of benzene rings is 2. The molecule has 1 unspecified atom stereocenters. The van der Waals surface area contributed by atoms with Gasteiger partial charge in [0.05, 0.1) is 12.6 Å². The van der Waals surface area contributed by atoms with Gasteiger partial charge >= 0.3 is 6.03 Å². The van der Waals surface area contributed by atoms with Crippen LogP contribution in [0.5, 0.6) is 5.75 Å². The Morgan fingerprint density at radius 1 is 1.24 bits per heavy atom. The first-order valence-electron chi connectivity index (χ1n) is 8.25. The molecular weight excluding hydrogens is 321 g/mol. The van der Waals surface area contributed by atoms with Gasteiger partial charge in [0, 0.05) is 18.7 Å². The summed E-state index contributed by atoms with van der Waals surface area (Å²) in [7, 11) is 3.96. The monoisotopic (exact) mass is 343 g/mol. The molecule has 1 aliphatic heterocycles. The van der Waals surface area contributed by atoms with Crippen molar-refractivity contribution in [3.63, 3.8) is 0 Å². The lowest BCUT2D eigenvalue weighted by Gasteiger charge is -2.25. The number of ether oxygens (including phenoxy) is 1. The van der Waals surface area contributed by atoms with E-state index in [2.05, 4.69) is 21.6 Å². The molecule has 0 spiro atoms. The number of nitrogens with one attached hydrogen (secondary N) is 2. The Morgan fingerprint density at radius 3 is 2.72 bits per heavy atom. The molecule has 0 saturated heterocycles. The molecule has 3 rings (SSSR count). The van der Waals surface area contributed by atoms with Crippen LogP contribution >= 0.6 is 0 Å². The first-order valence-corrected chi connectivity index (χ1v) is 8.25. The Bertz CT molecular complexity index is 747. The Morgan fingerprint density at radius 2 is 2.00 bits per heavy atom. The molecule has 0 bridgehead atoms. The summed E-state index contributed by atoms with van der Waals surface area (Å²) in [5.41, 5.74) is 2.89. The van der Waals surface area contributed by atoms with Crippen molar-refractivity contribution in [1.82, 2.24) is 10.2 Å². The maximum atomic E-state index is 12.9. The van der Waals surface area contributed by atoms with Gasteiger partial charge in [0.2, 0.25) is 0 Å².